The van der Waals surface area contributed by atoms with E-state index in [2.05, 4.69) is 19.4 Å². The van der Waals surface area contributed by atoms with E-state index in [1.54, 1.807) is 0 Å². The average molecular weight is 205 g/mol. The number of halogens is 2. The Morgan fingerprint density at radius 2 is 1.33 bits per heavy atom. The highest BCUT2D eigenvalue weighted by Crippen LogP contribution is 2.22. The molecule has 0 radical (unpaired) electrons. The highest BCUT2D eigenvalue weighted by Gasteiger charge is 2.09. The molecule has 0 unspecified atom stereocenters. The van der Waals surface area contributed by atoms with Gasteiger partial charge in [0.05, 0.1) is 0 Å². The molecule has 0 aliphatic rings. The third kappa shape index (κ3) is 1.31. The average Bonchev–Trinajstić information content (AvgIpc) is 2.58. The molecule has 2 aromatic heterocycles. The Kier molecular flexibility index (Phi) is 1.78. The van der Waals surface area contributed by atoms with Crippen molar-refractivity contribution in [3.8, 4) is 11.4 Å². The lowest BCUT2D eigenvalue weighted by Crippen LogP contribution is -1.73. The van der Waals surface area contributed by atoms with Crippen LogP contribution < -0.4 is 0 Å². The Balaban J connectivity index is 2.43. The van der Waals surface area contributed by atoms with E-state index in [9.17, 15) is 0 Å². The van der Waals surface area contributed by atoms with E-state index in [0.717, 1.165) is 0 Å². The van der Waals surface area contributed by atoms with Crippen LogP contribution in [-0.4, -0.2) is 10.3 Å². The third-order valence-electron chi connectivity index (χ3n) is 1.23. The van der Waals surface area contributed by atoms with Gasteiger partial charge < -0.3 is 9.05 Å². The molecule has 0 aliphatic carbocycles. The van der Waals surface area contributed by atoms with Gasteiger partial charge in [-0.2, -0.15) is 0 Å². The lowest BCUT2D eigenvalue weighted by Gasteiger charge is -1.78. The predicted octanol–water partition coefficient (Wildman–Crippen LogP) is 2.64. The first kappa shape index (κ1) is 7.64. The van der Waals surface area contributed by atoms with Gasteiger partial charge in [-0.05, 0) is 23.2 Å². The highest BCUT2D eigenvalue weighted by atomic mass is 35.5. The summed E-state index contributed by atoms with van der Waals surface area (Å²) in [5.41, 5.74) is 0.992. The fourth-order valence-corrected chi connectivity index (χ4v) is 1.02. The molecule has 2 aromatic rings. The molecular formula is C6H2Cl2N2O2. The lowest BCUT2D eigenvalue weighted by molar-refractivity contribution is 0.414. The van der Waals surface area contributed by atoms with Crippen LogP contribution in [0.5, 0.6) is 0 Å². The zero-order valence-electron chi connectivity index (χ0n) is 5.62. The third-order valence-corrected chi connectivity index (χ3v) is 1.58. The number of aromatic nitrogens is 2. The van der Waals surface area contributed by atoms with Crippen LogP contribution in [0.15, 0.2) is 21.2 Å². The second-order valence-corrected chi connectivity index (χ2v) is 2.78. The fourth-order valence-electron chi connectivity index (χ4n) is 0.747. The van der Waals surface area contributed by atoms with Crippen molar-refractivity contribution in [1.29, 1.82) is 0 Å². The van der Waals surface area contributed by atoms with Gasteiger partial charge in [-0.25, -0.2) is 0 Å². The zero-order chi connectivity index (χ0) is 8.55. The van der Waals surface area contributed by atoms with Crippen molar-refractivity contribution in [3.63, 3.8) is 0 Å². The molecule has 4 nitrogen and oxygen atoms in total. The molecule has 6 heteroatoms. The number of hydrogen-bond acceptors (Lipinski definition) is 4. The predicted molar refractivity (Wildman–Crippen MR) is 42.0 cm³/mol. The number of rotatable bonds is 1. The van der Waals surface area contributed by atoms with Gasteiger partial charge in [-0.1, -0.05) is 10.3 Å². The first-order chi connectivity index (χ1) is 5.75. The van der Waals surface area contributed by atoms with Crippen molar-refractivity contribution in [2.45, 2.75) is 0 Å². The van der Waals surface area contributed by atoms with Crippen LogP contribution in [0, 0.1) is 0 Å². The maximum atomic E-state index is 5.50. The van der Waals surface area contributed by atoms with Gasteiger partial charge >= 0.3 is 0 Å². The minimum atomic E-state index is 0.198. The Morgan fingerprint density at radius 3 is 1.58 bits per heavy atom. The minimum absolute atomic E-state index is 0.198. The monoisotopic (exact) mass is 204 g/mol. The first-order valence-corrected chi connectivity index (χ1v) is 3.76. The summed E-state index contributed by atoms with van der Waals surface area (Å²) in [6.45, 7) is 0. The number of nitrogens with zero attached hydrogens (tertiary/aromatic N) is 2. The normalized spacial score (nSPS) is 10.5. The molecule has 0 spiro atoms. The minimum Gasteiger partial charge on any atom is -0.344 e. The Morgan fingerprint density at radius 1 is 0.917 bits per heavy atom. The highest BCUT2D eigenvalue weighted by molar-refractivity contribution is 6.29. The largest absolute Gasteiger partial charge is 0.344 e. The first-order valence-electron chi connectivity index (χ1n) is 3.00. The summed E-state index contributed by atoms with van der Waals surface area (Å²) in [6.07, 6.45) is 0. The standard InChI is InChI=1S/C6H2Cl2N2O2/c7-5-1-3(9-11-5)4-2-6(8)12-10-4/h1-2H. The summed E-state index contributed by atoms with van der Waals surface area (Å²) >= 11 is 11.0. The Bertz CT molecular complexity index is 357. The van der Waals surface area contributed by atoms with E-state index in [1.807, 2.05) is 0 Å². The zero-order valence-corrected chi connectivity index (χ0v) is 7.13. The van der Waals surface area contributed by atoms with Crippen LogP contribution in [0.3, 0.4) is 0 Å². The summed E-state index contributed by atoms with van der Waals surface area (Å²) in [7, 11) is 0. The summed E-state index contributed by atoms with van der Waals surface area (Å²) in [5.74, 6) is 0. The van der Waals surface area contributed by atoms with E-state index in [-0.39, 0.29) is 10.4 Å². The molecule has 12 heavy (non-hydrogen) atoms. The van der Waals surface area contributed by atoms with Crippen molar-refractivity contribution in [1.82, 2.24) is 10.3 Å². The molecule has 62 valence electrons. The molecular weight excluding hydrogens is 203 g/mol. The van der Waals surface area contributed by atoms with Gasteiger partial charge in [0.25, 0.3) is 0 Å². The molecule has 0 saturated carbocycles. The van der Waals surface area contributed by atoms with Crippen molar-refractivity contribution in [3.05, 3.63) is 22.6 Å². The molecule has 2 rings (SSSR count). The van der Waals surface area contributed by atoms with E-state index >= 15 is 0 Å². The van der Waals surface area contributed by atoms with E-state index in [4.69, 9.17) is 23.2 Å². The molecule has 0 saturated heterocycles. The molecule has 0 bridgehead atoms. The molecule has 0 fully saturated rings. The topological polar surface area (TPSA) is 52.1 Å². The maximum Gasteiger partial charge on any atom is 0.226 e. The van der Waals surface area contributed by atoms with Gasteiger partial charge in [0.1, 0.15) is 11.4 Å². The summed E-state index contributed by atoms with van der Waals surface area (Å²) < 4.78 is 9.24. The van der Waals surface area contributed by atoms with Crippen molar-refractivity contribution < 1.29 is 9.05 Å². The van der Waals surface area contributed by atoms with Crippen molar-refractivity contribution in [2.75, 3.05) is 0 Å². The van der Waals surface area contributed by atoms with Crippen LogP contribution in [-0.2, 0) is 0 Å². The van der Waals surface area contributed by atoms with E-state index in [1.165, 1.54) is 12.1 Å². The van der Waals surface area contributed by atoms with Crippen LogP contribution in [0.2, 0.25) is 10.4 Å². The summed E-state index contributed by atoms with van der Waals surface area (Å²) in [4.78, 5) is 0. The van der Waals surface area contributed by atoms with Crippen molar-refractivity contribution >= 4 is 23.2 Å². The molecule has 0 atom stereocenters. The fraction of sp³-hybridized carbons (Fsp3) is 0. The molecule has 0 N–H and O–H groups in total. The molecule has 0 amide bonds. The molecule has 0 aliphatic heterocycles. The summed E-state index contributed by atoms with van der Waals surface area (Å²) in [5, 5.41) is 7.62. The molecule has 0 aromatic carbocycles. The smallest absolute Gasteiger partial charge is 0.226 e. The SMILES string of the molecule is Clc1cc(-c2cc(Cl)on2)no1. The quantitative estimate of drug-likeness (QED) is 0.717. The van der Waals surface area contributed by atoms with Gasteiger partial charge in [-0.3, -0.25) is 0 Å². The van der Waals surface area contributed by atoms with E-state index < -0.39 is 0 Å². The summed E-state index contributed by atoms with van der Waals surface area (Å²) in [6, 6.07) is 3.05. The van der Waals surface area contributed by atoms with Gasteiger partial charge in [0.15, 0.2) is 0 Å². The number of hydrogen-bond donors (Lipinski definition) is 0. The van der Waals surface area contributed by atoms with Gasteiger partial charge in [0.2, 0.25) is 10.4 Å². The maximum absolute atomic E-state index is 5.50. The van der Waals surface area contributed by atoms with Gasteiger partial charge in [-0.15, -0.1) is 0 Å². The van der Waals surface area contributed by atoms with Crippen LogP contribution >= 0.6 is 23.2 Å². The second-order valence-electron chi connectivity index (χ2n) is 2.03. The van der Waals surface area contributed by atoms with Gasteiger partial charge in [0, 0.05) is 12.1 Å². The van der Waals surface area contributed by atoms with Crippen molar-refractivity contribution in [2.24, 2.45) is 0 Å². The van der Waals surface area contributed by atoms with Crippen LogP contribution in [0.25, 0.3) is 11.4 Å². The Hall–Kier alpha value is -1.00. The Labute approximate surface area is 77.0 Å². The van der Waals surface area contributed by atoms with Crippen LogP contribution in [0.1, 0.15) is 0 Å². The lowest BCUT2D eigenvalue weighted by atomic mass is 10.3. The second kappa shape index (κ2) is 2.80. The molecule has 2 heterocycles. The van der Waals surface area contributed by atoms with E-state index in [0.29, 0.717) is 11.4 Å². The van der Waals surface area contributed by atoms with Crippen LogP contribution in [0.4, 0.5) is 0 Å².